The maximum absolute atomic E-state index is 6.35. The first-order valence-corrected chi connectivity index (χ1v) is 9.52. The van der Waals surface area contributed by atoms with Gasteiger partial charge in [-0.15, -0.1) is 0 Å². The summed E-state index contributed by atoms with van der Waals surface area (Å²) in [7, 11) is 0. The molecule has 5 nitrogen and oxygen atoms in total. The topological polar surface area (TPSA) is 62.7 Å². The smallest absolute Gasteiger partial charge is 0.228 e. The number of hydrogen-bond acceptors (Lipinski definition) is 5. The molecule has 0 saturated heterocycles. The number of nitrogens with one attached hydrogen (secondary N) is 2. The first-order chi connectivity index (χ1) is 12.1. The van der Waals surface area contributed by atoms with E-state index in [0.717, 1.165) is 17.4 Å². The Bertz CT molecular complexity index is 719. The third-order valence-corrected chi connectivity index (χ3v) is 5.45. The summed E-state index contributed by atoms with van der Waals surface area (Å²) in [6, 6.07) is 8.41. The third kappa shape index (κ3) is 4.03. The van der Waals surface area contributed by atoms with Crippen molar-refractivity contribution < 1.29 is 0 Å². The van der Waals surface area contributed by atoms with Gasteiger partial charge in [-0.3, -0.25) is 0 Å². The molecular formula is C19H24ClN5. The first-order valence-electron chi connectivity index (χ1n) is 9.14. The van der Waals surface area contributed by atoms with Gasteiger partial charge in [0.15, 0.2) is 5.82 Å². The molecule has 2 aromatic rings. The fourth-order valence-corrected chi connectivity index (χ4v) is 3.32. The van der Waals surface area contributed by atoms with Gasteiger partial charge in [-0.25, -0.2) is 0 Å². The summed E-state index contributed by atoms with van der Waals surface area (Å²) in [6.45, 7) is 4.38. The van der Waals surface area contributed by atoms with Gasteiger partial charge in [0.1, 0.15) is 0 Å². The van der Waals surface area contributed by atoms with E-state index in [0.29, 0.717) is 34.8 Å². The maximum Gasteiger partial charge on any atom is 0.228 e. The zero-order chi connectivity index (χ0) is 17.4. The number of halogens is 1. The number of aromatic nitrogens is 3. The fourth-order valence-electron chi connectivity index (χ4n) is 3.10. The molecule has 0 spiro atoms. The zero-order valence-corrected chi connectivity index (χ0v) is 15.4. The van der Waals surface area contributed by atoms with E-state index in [-0.39, 0.29) is 0 Å². The minimum atomic E-state index is 0.371. The van der Waals surface area contributed by atoms with E-state index in [1.165, 1.54) is 25.7 Å². The molecule has 1 heterocycles. The van der Waals surface area contributed by atoms with Crippen molar-refractivity contribution in [3.8, 4) is 11.4 Å². The Labute approximate surface area is 153 Å². The molecule has 2 aliphatic rings. The van der Waals surface area contributed by atoms with Crippen LogP contribution in [0.15, 0.2) is 24.3 Å². The molecule has 0 unspecified atom stereocenters. The highest BCUT2D eigenvalue weighted by atomic mass is 35.5. The molecule has 2 N–H and O–H groups in total. The van der Waals surface area contributed by atoms with Crippen molar-refractivity contribution in [3.05, 3.63) is 29.3 Å². The highest BCUT2D eigenvalue weighted by molar-refractivity contribution is 6.33. The standard InChI is InChI=1S/C19H24ClN5/c1-11(13-7-8-13)21-18-23-17(15-5-3-4-6-16(15)20)24-19(25-18)22-12(2)14-9-10-14/h3-6,11-14H,7-10H2,1-2H3,(H2,21,22,23,24,25)/t11-,12-/m1/s1. The number of rotatable bonds is 7. The van der Waals surface area contributed by atoms with Gasteiger partial charge in [0.05, 0.1) is 5.02 Å². The molecule has 4 rings (SSSR count). The molecular weight excluding hydrogens is 334 g/mol. The van der Waals surface area contributed by atoms with Crippen LogP contribution in [0.1, 0.15) is 39.5 Å². The quantitative estimate of drug-likeness (QED) is 0.757. The van der Waals surface area contributed by atoms with Crippen molar-refractivity contribution in [2.24, 2.45) is 11.8 Å². The van der Waals surface area contributed by atoms with Gasteiger partial charge in [-0.05, 0) is 63.5 Å². The summed E-state index contributed by atoms with van der Waals surface area (Å²) in [5.74, 6) is 3.30. The Morgan fingerprint density at radius 2 is 1.40 bits per heavy atom. The number of anilines is 2. The van der Waals surface area contributed by atoms with Crippen molar-refractivity contribution in [1.29, 1.82) is 0 Å². The van der Waals surface area contributed by atoms with E-state index in [1.54, 1.807) is 0 Å². The molecule has 0 bridgehead atoms. The lowest BCUT2D eigenvalue weighted by molar-refractivity contribution is 0.676. The number of nitrogens with zero attached hydrogens (tertiary/aromatic N) is 3. The molecule has 1 aromatic carbocycles. The molecule has 2 atom stereocenters. The van der Waals surface area contributed by atoms with Crippen LogP contribution in [0.5, 0.6) is 0 Å². The molecule has 0 radical (unpaired) electrons. The summed E-state index contributed by atoms with van der Waals surface area (Å²) < 4.78 is 0. The monoisotopic (exact) mass is 357 g/mol. The third-order valence-electron chi connectivity index (χ3n) is 5.12. The van der Waals surface area contributed by atoms with Gasteiger partial charge >= 0.3 is 0 Å². The van der Waals surface area contributed by atoms with E-state index < -0.39 is 0 Å². The van der Waals surface area contributed by atoms with E-state index in [1.807, 2.05) is 24.3 Å². The van der Waals surface area contributed by atoms with Crippen LogP contribution >= 0.6 is 11.6 Å². The minimum absolute atomic E-state index is 0.371. The number of hydrogen-bond donors (Lipinski definition) is 2. The molecule has 0 aliphatic heterocycles. The van der Waals surface area contributed by atoms with Crippen LogP contribution in [0.25, 0.3) is 11.4 Å². The Hall–Kier alpha value is -1.88. The van der Waals surface area contributed by atoms with Gasteiger partial charge in [0, 0.05) is 17.6 Å². The van der Waals surface area contributed by atoms with Crippen LogP contribution in [-0.4, -0.2) is 27.0 Å². The van der Waals surface area contributed by atoms with E-state index >= 15 is 0 Å². The van der Waals surface area contributed by atoms with Crippen molar-refractivity contribution in [2.45, 2.75) is 51.6 Å². The summed E-state index contributed by atoms with van der Waals surface area (Å²) in [4.78, 5) is 13.9. The maximum atomic E-state index is 6.35. The normalized spacial score (nSPS) is 19.3. The van der Waals surface area contributed by atoms with E-state index in [4.69, 9.17) is 11.6 Å². The van der Waals surface area contributed by atoms with Gasteiger partial charge in [0.2, 0.25) is 11.9 Å². The minimum Gasteiger partial charge on any atom is -0.351 e. The second-order valence-electron chi connectivity index (χ2n) is 7.33. The van der Waals surface area contributed by atoms with Gasteiger partial charge in [-0.1, -0.05) is 23.7 Å². The molecule has 2 aliphatic carbocycles. The molecule has 132 valence electrons. The van der Waals surface area contributed by atoms with Crippen LogP contribution in [0.2, 0.25) is 5.02 Å². The van der Waals surface area contributed by atoms with Crippen LogP contribution < -0.4 is 10.6 Å². The Kier molecular flexibility index (Phi) is 4.50. The van der Waals surface area contributed by atoms with Crippen LogP contribution in [-0.2, 0) is 0 Å². The van der Waals surface area contributed by atoms with E-state index in [9.17, 15) is 0 Å². The summed E-state index contributed by atoms with van der Waals surface area (Å²) in [6.07, 6.45) is 5.11. The predicted octanol–water partition coefficient (Wildman–Crippen LogP) is 4.61. The molecule has 2 fully saturated rings. The lowest BCUT2D eigenvalue weighted by Gasteiger charge is -2.17. The summed E-state index contributed by atoms with van der Waals surface area (Å²) in [5, 5.41) is 7.54. The van der Waals surface area contributed by atoms with E-state index in [2.05, 4.69) is 39.4 Å². The lowest BCUT2D eigenvalue weighted by atomic mass is 10.2. The predicted molar refractivity (Wildman–Crippen MR) is 102 cm³/mol. The lowest BCUT2D eigenvalue weighted by Crippen LogP contribution is -2.23. The SMILES string of the molecule is C[C@@H](Nc1nc(N[C@H](C)C2CC2)nc(-c2ccccc2Cl)n1)C1CC1. The first kappa shape index (κ1) is 16.6. The Morgan fingerprint density at radius 3 is 1.88 bits per heavy atom. The Balaban J connectivity index is 1.64. The van der Waals surface area contributed by atoms with Crippen molar-refractivity contribution in [1.82, 2.24) is 15.0 Å². The highest BCUT2D eigenvalue weighted by Gasteiger charge is 2.30. The average molecular weight is 358 g/mol. The van der Waals surface area contributed by atoms with Crippen molar-refractivity contribution in [3.63, 3.8) is 0 Å². The van der Waals surface area contributed by atoms with Gasteiger partial charge in [-0.2, -0.15) is 15.0 Å². The largest absolute Gasteiger partial charge is 0.351 e. The molecule has 0 amide bonds. The molecule has 25 heavy (non-hydrogen) atoms. The molecule has 6 heteroatoms. The summed E-state index contributed by atoms with van der Waals surface area (Å²) in [5.41, 5.74) is 0.829. The van der Waals surface area contributed by atoms with Crippen LogP contribution in [0.3, 0.4) is 0 Å². The van der Waals surface area contributed by atoms with Crippen molar-refractivity contribution >= 4 is 23.5 Å². The Morgan fingerprint density at radius 1 is 0.880 bits per heavy atom. The van der Waals surface area contributed by atoms with Gasteiger partial charge < -0.3 is 10.6 Å². The van der Waals surface area contributed by atoms with Crippen LogP contribution in [0.4, 0.5) is 11.9 Å². The second kappa shape index (κ2) is 6.79. The zero-order valence-electron chi connectivity index (χ0n) is 14.7. The highest BCUT2D eigenvalue weighted by Crippen LogP contribution is 2.35. The average Bonchev–Trinajstić information content (AvgIpc) is 3.48. The van der Waals surface area contributed by atoms with Gasteiger partial charge in [0.25, 0.3) is 0 Å². The summed E-state index contributed by atoms with van der Waals surface area (Å²) >= 11 is 6.35. The van der Waals surface area contributed by atoms with Crippen LogP contribution in [0, 0.1) is 11.8 Å². The molecule has 2 saturated carbocycles. The van der Waals surface area contributed by atoms with Crippen molar-refractivity contribution in [2.75, 3.05) is 10.6 Å². The molecule has 1 aromatic heterocycles. The second-order valence-corrected chi connectivity index (χ2v) is 7.73. The number of benzene rings is 1. The fraction of sp³-hybridized carbons (Fsp3) is 0.526.